The second-order valence-corrected chi connectivity index (χ2v) is 5.42. The maximum Gasteiger partial charge on any atom is 0.162 e. The molecule has 0 unspecified atom stereocenters. The smallest absolute Gasteiger partial charge is 0.162 e. The molecule has 0 spiro atoms. The number of aryl methyl sites for hydroxylation is 1. The molecule has 94 valence electrons. The summed E-state index contributed by atoms with van der Waals surface area (Å²) in [6.07, 6.45) is 1.74. The molecule has 2 heterocycles. The molecule has 5 heteroatoms. The van der Waals surface area contributed by atoms with E-state index in [0.717, 1.165) is 25.7 Å². The highest BCUT2D eigenvalue weighted by atomic mass is 127. The Morgan fingerprint density at radius 3 is 2.74 bits per heavy atom. The molecule has 3 rings (SSSR count). The van der Waals surface area contributed by atoms with Gasteiger partial charge in [-0.15, -0.1) is 0 Å². The topological polar surface area (TPSA) is 64.7 Å². The number of nitrogens with zero attached hydrogens (tertiary/aromatic N) is 3. The van der Waals surface area contributed by atoms with Crippen molar-refractivity contribution in [1.29, 1.82) is 0 Å². The molecule has 0 aliphatic carbocycles. The van der Waals surface area contributed by atoms with Gasteiger partial charge in [0.15, 0.2) is 5.82 Å². The van der Waals surface area contributed by atoms with E-state index in [1.165, 1.54) is 0 Å². The fraction of sp³-hybridized carbons (Fsp3) is 0.0714. The minimum absolute atomic E-state index is 0.504. The van der Waals surface area contributed by atoms with E-state index in [1.54, 1.807) is 6.20 Å². The van der Waals surface area contributed by atoms with Crippen LogP contribution in [-0.2, 0) is 0 Å². The fourth-order valence-corrected chi connectivity index (χ4v) is 2.26. The SMILES string of the molecule is Cc1cc(-c2ncc(I)c(N)n2)c2ccccc2n1. The van der Waals surface area contributed by atoms with Crippen molar-refractivity contribution in [2.45, 2.75) is 6.92 Å². The maximum atomic E-state index is 5.87. The van der Waals surface area contributed by atoms with Crippen molar-refractivity contribution in [2.75, 3.05) is 5.73 Å². The fourth-order valence-electron chi connectivity index (χ4n) is 2.00. The molecule has 0 atom stereocenters. The molecule has 0 aliphatic heterocycles. The third-order valence-corrected chi connectivity index (χ3v) is 3.69. The van der Waals surface area contributed by atoms with Gasteiger partial charge in [0, 0.05) is 22.8 Å². The van der Waals surface area contributed by atoms with Crippen LogP contribution in [-0.4, -0.2) is 15.0 Å². The van der Waals surface area contributed by atoms with Crippen molar-refractivity contribution < 1.29 is 0 Å². The van der Waals surface area contributed by atoms with Gasteiger partial charge in [-0.05, 0) is 41.6 Å². The molecular formula is C14H11IN4. The molecule has 2 aromatic heterocycles. The van der Waals surface area contributed by atoms with E-state index in [4.69, 9.17) is 5.73 Å². The van der Waals surface area contributed by atoms with Crippen LogP contribution in [0, 0.1) is 10.5 Å². The zero-order chi connectivity index (χ0) is 13.4. The van der Waals surface area contributed by atoms with Crippen molar-refractivity contribution in [3.05, 3.63) is 45.8 Å². The number of aromatic nitrogens is 3. The van der Waals surface area contributed by atoms with Crippen LogP contribution < -0.4 is 5.73 Å². The van der Waals surface area contributed by atoms with Crippen LogP contribution in [0.15, 0.2) is 36.5 Å². The lowest BCUT2D eigenvalue weighted by Crippen LogP contribution is -1.99. The van der Waals surface area contributed by atoms with Crippen LogP contribution in [0.5, 0.6) is 0 Å². The van der Waals surface area contributed by atoms with E-state index < -0.39 is 0 Å². The van der Waals surface area contributed by atoms with Crippen LogP contribution in [0.25, 0.3) is 22.3 Å². The van der Waals surface area contributed by atoms with Gasteiger partial charge in [0.2, 0.25) is 0 Å². The second-order valence-electron chi connectivity index (χ2n) is 4.26. The Balaban J connectivity index is 2.32. The van der Waals surface area contributed by atoms with Gasteiger partial charge >= 0.3 is 0 Å². The van der Waals surface area contributed by atoms with Crippen molar-refractivity contribution in [3.8, 4) is 11.4 Å². The largest absolute Gasteiger partial charge is 0.383 e. The Morgan fingerprint density at radius 1 is 1.16 bits per heavy atom. The zero-order valence-corrected chi connectivity index (χ0v) is 12.4. The lowest BCUT2D eigenvalue weighted by atomic mass is 10.1. The molecule has 3 aromatic rings. The first kappa shape index (κ1) is 12.3. The number of pyridine rings is 1. The van der Waals surface area contributed by atoms with E-state index >= 15 is 0 Å². The summed E-state index contributed by atoms with van der Waals surface area (Å²) in [5, 5.41) is 1.04. The summed E-state index contributed by atoms with van der Waals surface area (Å²) < 4.78 is 0.858. The third-order valence-electron chi connectivity index (χ3n) is 2.86. The monoisotopic (exact) mass is 362 g/mol. The Morgan fingerprint density at radius 2 is 1.95 bits per heavy atom. The van der Waals surface area contributed by atoms with Gasteiger partial charge in [0.25, 0.3) is 0 Å². The molecule has 0 saturated carbocycles. The summed E-state index contributed by atoms with van der Waals surface area (Å²) >= 11 is 2.12. The Hall–Kier alpha value is -1.76. The van der Waals surface area contributed by atoms with Gasteiger partial charge < -0.3 is 5.73 Å². The quantitative estimate of drug-likeness (QED) is 0.676. The minimum Gasteiger partial charge on any atom is -0.383 e. The number of para-hydroxylation sites is 1. The lowest BCUT2D eigenvalue weighted by molar-refractivity contribution is 1.16. The third kappa shape index (κ3) is 2.25. The molecule has 2 N–H and O–H groups in total. The number of nitrogen functional groups attached to an aromatic ring is 1. The molecule has 0 amide bonds. The van der Waals surface area contributed by atoms with Crippen LogP contribution >= 0.6 is 22.6 Å². The molecule has 0 fully saturated rings. The Labute approximate surface area is 124 Å². The van der Waals surface area contributed by atoms with E-state index in [2.05, 4.69) is 37.5 Å². The summed E-state index contributed by atoms with van der Waals surface area (Å²) in [5.74, 6) is 1.14. The maximum absolute atomic E-state index is 5.87. The highest BCUT2D eigenvalue weighted by Crippen LogP contribution is 2.27. The summed E-state index contributed by atoms with van der Waals surface area (Å²) in [7, 11) is 0. The first-order valence-electron chi connectivity index (χ1n) is 5.80. The average Bonchev–Trinajstić information content (AvgIpc) is 2.41. The standard InChI is InChI=1S/C14H11IN4/c1-8-6-10(9-4-2-3-5-12(9)18-8)14-17-7-11(15)13(16)19-14/h2-7H,1H3,(H2,16,17,19). The van der Waals surface area contributed by atoms with Gasteiger partial charge in [-0.2, -0.15) is 0 Å². The Bertz CT molecular complexity index is 770. The summed E-state index contributed by atoms with van der Waals surface area (Å²) in [6, 6.07) is 9.96. The van der Waals surface area contributed by atoms with E-state index in [9.17, 15) is 0 Å². The Kier molecular flexibility index (Phi) is 3.06. The molecule has 1 aromatic carbocycles. The number of rotatable bonds is 1. The zero-order valence-electron chi connectivity index (χ0n) is 10.3. The molecule has 0 radical (unpaired) electrons. The summed E-state index contributed by atoms with van der Waals surface area (Å²) in [4.78, 5) is 13.3. The molecular weight excluding hydrogens is 351 g/mol. The number of fused-ring (bicyclic) bond motifs is 1. The van der Waals surface area contributed by atoms with Crippen LogP contribution in [0.2, 0.25) is 0 Å². The average molecular weight is 362 g/mol. The predicted molar refractivity (Wildman–Crippen MR) is 84.6 cm³/mol. The van der Waals surface area contributed by atoms with E-state index in [0.29, 0.717) is 11.6 Å². The highest BCUT2D eigenvalue weighted by molar-refractivity contribution is 14.1. The van der Waals surface area contributed by atoms with Crippen LogP contribution in [0.3, 0.4) is 0 Å². The number of halogens is 1. The van der Waals surface area contributed by atoms with Gasteiger partial charge in [-0.25, -0.2) is 9.97 Å². The predicted octanol–water partition coefficient (Wildman–Crippen LogP) is 3.19. The molecule has 4 nitrogen and oxygen atoms in total. The molecule has 0 bridgehead atoms. The van der Waals surface area contributed by atoms with Crippen molar-refractivity contribution >= 4 is 39.3 Å². The lowest BCUT2D eigenvalue weighted by Gasteiger charge is -2.07. The van der Waals surface area contributed by atoms with Crippen molar-refractivity contribution in [3.63, 3.8) is 0 Å². The second kappa shape index (κ2) is 4.73. The van der Waals surface area contributed by atoms with E-state index in [1.807, 2.05) is 37.3 Å². The molecule has 0 saturated heterocycles. The number of anilines is 1. The number of hydrogen-bond acceptors (Lipinski definition) is 4. The minimum atomic E-state index is 0.504. The summed E-state index contributed by atoms with van der Waals surface area (Å²) in [6.45, 7) is 1.96. The number of nitrogens with two attached hydrogens (primary N) is 1. The van der Waals surface area contributed by atoms with Gasteiger partial charge in [-0.1, -0.05) is 18.2 Å². The van der Waals surface area contributed by atoms with Crippen LogP contribution in [0.1, 0.15) is 5.69 Å². The van der Waals surface area contributed by atoms with Gasteiger partial charge in [0.1, 0.15) is 5.82 Å². The van der Waals surface area contributed by atoms with Gasteiger partial charge in [0.05, 0.1) is 9.09 Å². The van der Waals surface area contributed by atoms with Crippen molar-refractivity contribution in [1.82, 2.24) is 15.0 Å². The number of hydrogen-bond donors (Lipinski definition) is 1. The van der Waals surface area contributed by atoms with Gasteiger partial charge in [-0.3, -0.25) is 4.98 Å². The normalized spacial score (nSPS) is 10.8. The first-order valence-corrected chi connectivity index (χ1v) is 6.88. The first-order chi connectivity index (χ1) is 9.15. The summed E-state index contributed by atoms with van der Waals surface area (Å²) in [5.41, 5.74) is 8.71. The highest BCUT2D eigenvalue weighted by Gasteiger charge is 2.10. The number of benzene rings is 1. The van der Waals surface area contributed by atoms with E-state index in [-0.39, 0.29) is 0 Å². The molecule has 19 heavy (non-hydrogen) atoms. The van der Waals surface area contributed by atoms with Crippen LogP contribution in [0.4, 0.5) is 5.82 Å². The molecule has 0 aliphatic rings. The van der Waals surface area contributed by atoms with Crippen molar-refractivity contribution in [2.24, 2.45) is 0 Å².